The molecule has 3 aromatic rings. The van der Waals surface area contributed by atoms with Gasteiger partial charge in [0.15, 0.2) is 5.13 Å². The lowest BCUT2D eigenvalue weighted by atomic mass is 9.90. The minimum Gasteiger partial charge on any atom is -0.302 e. The molecule has 1 aliphatic rings. The molecule has 0 saturated heterocycles. The van der Waals surface area contributed by atoms with Crippen LogP contribution in [0.5, 0.6) is 0 Å². The van der Waals surface area contributed by atoms with Gasteiger partial charge in [-0.05, 0) is 80.6 Å². The largest absolute Gasteiger partial charge is 0.302 e. The van der Waals surface area contributed by atoms with Gasteiger partial charge in [0.05, 0.1) is 10.2 Å². The topological polar surface area (TPSA) is 36.4 Å². The molecule has 5 heteroatoms. The lowest BCUT2D eigenvalue weighted by molar-refractivity contribution is 0.0983. The van der Waals surface area contributed by atoms with E-state index in [2.05, 4.69) is 56.0 Å². The molecule has 0 atom stereocenters. The molecule has 0 spiro atoms. The number of rotatable bonds is 7. The monoisotopic (exact) mass is 421 g/mol. The van der Waals surface area contributed by atoms with Crippen LogP contribution in [-0.4, -0.2) is 42.0 Å². The zero-order valence-corrected chi connectivity index (χ0v) is 19.1. The highest BCUT2D eigenvalue weighted by molar-refractivity contribution is 7.22. The Morgan fingerprint density at radius 1 is 1.03 bits per heavy atom. The molecule has 1 amide bonds. The van der Waals surface area contributed by atoms with E-state index in [1.54, 1.807) is 11.3 Å². The van der Waals surface area contributed by atoms with Gasteiger partial charge in [0.25, 0.3) is 5.91 Å². The summed E-state index contributed by atoms with van der Waals surface area (Å²) >= 11 is 1.61. The summed E-state index contributed by atoms with van der Waals surface area (Å²) in [6.07, 6.45) is 4.68. The van der Waals surface area contributed by atoms with Gasteiger partial charge in [-0.1, -0.05) is 43.4 Å². The summed E-state index contributed by atoms with van der Waals surface area (Å²) in [5.74, 6) is 0.0623. The standard InChI is InChI=1S/C25H31N3OS/c1-4-27(5-2)15-16-28(25-26-23-18(3)9-8-12-22(23)30-25)24(29)21-14-13-19-10-6-7-11-20(19)17-21/h8-9,12-14,17H,4-7,10-11,15-16H2,1-3H3. The van der Waals surface area contributed by atoms with Crippen molar-refractivity contribution in [3.05, 3.63) is 58.7 Å². The maximum absolute atomic E-state index is 13.7. The highest BCUT2D eigenvalue weighted by atomic mass is 32.1. The van der Waals surface area contributed by atoms with E-state index in [-0.39, 0.29) is 5.91 Å². The smallest absolute Gasteiger partial charge is 0.260 e. The highest BCUT2D eigenvalue weighted by Gasteiger charge is 2.23. The molecule has 0 aliphatic heterocycles. The van der Waals surface area contributed by atoms with Crippen molar-refractivity contribution in [3.8, 4) is 0 Å². The van der Waals surface area contributed by atoms with E-state index >= 15 is 0 Å². The van der Waals surface area contributed by atoms with Gasteiger partial charge in [-0.15, -0.1) is 0 Å². The number of amides is 1. The SMILES string of the molecule is CCN(CC)CCN(C(=O)c1ccc2c(c1)CCCC2)c1nc2c(C)cccc2s1. The summed E-state index contributed by atoms with van der Waals surface area (Å²) < 4.78 is 1.14. The van der Waals surface area contributed by atoms with E-state index in [0.29, 0.717) is 6.54 Å². The molecule has 0 N–H and O–H groups in total. The van der Waals surface area contributed by atoms with Gasteiger partial charge < -0.3 is 4.90 Å². The fourth-order valence-corrected chi connectivity index (χ4v) is 5.35. The summed E-state index contributed by atoms with van der Waals surface area (Å²) in [6, 6.07) is 12.5. The van der Waals surface area contributed by atoms with Crippen LogP contribution in [0, 0.1) is 6.92 Å². The maximum atomic E-state index is 13.7. The van der Waals surface area contributed by atoms with Crippen molar-refractivity contribution >= 4 is 32.6 Å². The van der Waals surface area contributed by atoms with Gasteiger partial charge in [0.2, 0.25) is 0 Å². The Morgan fingerprint density at radius 3 is 2.53 bits per heavy atom. The lowest BCUT2D eigenvalue weighted by Gasteiger charge is -2.25. The zero-order valence-electron chi connectivity index (χ0n) is 18.3. The fourth-order valence-electron chi connectivity index (χ4n) is 4.28. The summed E-state index contributed by atoms with van der Waals surface area (Å²) in [7, 11) is 0. The van der Waals surface area contributed by atoms with Crippen molar-refractivity contribution in [1.82, 2.24) is 9.88 Å². The average molecular weight is 422 g/mol. The number of aromatic nitrogens is 1. The van der Waals surface area contributed by atoms with Gasteiger partial charge in [0.1, 0.15) is 0 Å². The summed E-state index contributed by atoms with van der Waals surface area (Å²) in [5.41, 5.74) is 5.69. The molecule has 2 aromatic carbocycles. The Morgan fingerprint density at radius 2 is 1.80 bits per heavy atom. The number of hydrogen-bond acceptors (Lipinski definition) is 4. The van der Waals surface area contributed by atoms with Crippen LogP contribution in [0.25, 0.3) is 10.2 Å². The second-order valence-electron chi connectivity index (χ2n) is 8.09. The second-order valence-corrected chi connectivity index (χ2v) is 9.10. The Labute approximate surface area is 183 Å². The first-order valence-electron chi connectivity index (χ1n) is 11.1. The molecule has 4 nitrogen and oxygen atoms in total. The molecule has 0 fully saturated rings. The number of carbonyl (C=O) groups is 1. The number of thiazole rings is 1. The number of fused-ring (bicyclic) bond motifs is 2. The minimum absolute atomic E-state index is 0.0623. The zero-order chi connectivity index (χ0) is 21.1. The van der Waals surface area contributed by atoms with Crippen molar-refractivity contribution in [2.75, 3.05) is 31.1 Å². The van der Waals surface area contributed by atoms with E-state index in [1.807, 2.05) is 11.0 Å². The fraction of sp³-hybridized carbons (Fsp3) is 0.440. The summed E-state index contributed by atoms with van der Waals surface area (Å²) in [6.45, 7) is 9.87. The van der Waals surface area contributed by atoms with Gasteiger partial charge >= 0.3 is 0 Å². The summed E-state index contributed by atoms with van der Waals surface area (Å²) in [5, 5.41) is 0.800. The van der Waals surface area contributed by atoms with E-state index in [9.17, 15) is 4.79 Å². The van der Waals surface area contributed by atoms with Gasteiger partial charge in [-0.3, -0.25) is 9.69 Å². The molecule has 1 heterocycles. The maximum Gasteiger partial charge on any atom is 0.260 e. The number of aryl methyl sites for hydroxylation is 3. The number of hydrogen-bond donors (Lipinski definition) is 0. The number of anilines is 1. The predicted octanol–water partition coefficient (Wildman–Crippen LogP) is 5.47. The summed E-state index contributed by atoms with van der Waals surface area (Å²) in [4.78, 5) is 22.8. The van der Waals surface area contributed by atoms with Crippen molar-refractivity contribution in [2.24, 2.45) is 0 Å². The molecular weight excluding hydrogens is 390 g/mol. The molecule has 4 rings (SSSR count). The number of likely N-dealkylation sites (N-methyl/N-ethyl adjacent to an activating group) is 1. The van der Waals surface area contributed by atoms with Crippen LogP contribution < -0.4 is 4.90 Å². The first-order valence-corrected chi connectivity index (χ1v) is 11.9. The van der Waals surface area contributed by atoms with Gasteiger partial charge in [-0.2, -0.15) is 0 Å². The first kappa shape index (κ1) is 21.0. The Kier molecular flexibility index (Phi) is 6.49. The van der Waals surface area contributed by atoms with E-state index < -0.39 is 0 Å². The molecule has 30 heavy (non-hydrogen) atoms. The van der Waals surface area contributed by atoms with E-state index in [4.69, 9.17) is 4.98 Å². The molecule has 0 unspecified atom stereocenters. The number of carbonyl (C=O) groups excluding carboxylic acids is 1. The van der Waals surface area contributed by atoms with Crippen LogP contribution in [-0.2, 0) is 12.8 Å². The van der Waals surface area contributed by atoms with E-state index in [1.165, 1.54) is 24.0 Å². The normalized spacial score (nSPS) is 13.6. The molecular formula is C25H31N3OS. The van der Waals surface area contributed by atoms with Crippen LogP contribution in [0.4, 0.5) is 5.13 Å². The van der Waals surface area contributed by atoms with Crippen LogP contribution >= 0.6 is 11.3 Å². The first-order chi connectivity index (χ1) is 14.6. The molecule has 1 aromatic heterocycles. The quantitative estimate of drug-likeness (QED) is 0.507. The van der Waals surface area contributed by atoms with Gasteiger partial charge in [-0.25, -0.2) is 4.98 Å². The Balaban J connectivity index is 1.68. The van der Waals surface area contributed by atoms with Crippen molar-refractivity contribution < 1.29 is 4.79 Å². The minimum atomic E-state index is 0.0623. The predicted molar refractivity (Wildman–Crippen MR) is 127 cm³/mol. The van der Waals surface area contributed by atoms with Crippen LogP contribution in [0.15, 0.2) is 36.4 Å². The molecule has 0 radical (unpaired) electrons. The third-order valence-corrected chi connectivity index (χ3v) is 7.26. The Hall–Kier alpha value is -2.24. The molecule has 1 aliphatic carbocycles. The number of nitrogens with zero attached hydrogens (tertiary/aromatic N) is 3. The van der Waals surface area contributed by atoms with Gasteiger partial charge in [0, 0.05) is 18.7 Å². The van der Waals surface area contributed by atoms with Crippen LogP contribution in [0.1, 0.15) is 53.7 Å². The molecule has 0 saturated carbocycles. The van der Waals surface area contributed by atoms with E-state index in [0.717, 1.165) is 59.0 Å². The van der Waals surface area contributed by atoms with Crippen molar-refractivity contribution in [3.63, 3.8) is 0 Å². The number of para-hydroxylation sites is 1. The lowest BCUT2D eigenvalue weighted by Crippen LogP contribution is -2.39. The average Bonchev–Trinajstić information content (AvgIpc) is 3.21. The molecule has 0 bridgehead atoms. The van der Waals surface area contributed by atoms with Crippen LogP contribution in [0.3, 0.4) is 0 Å². The third-order valence-electron chi connectivity index (χ3n) is 6.22. The van der Waals surface area contributed by atoms with Crippen molar-refractivity contribution in [1.29, 1.82) is 0 Å². The third kappa shape index (κ3) is 4.28. The van der Waals surface area contributed by atoms with Crippen molar-refractivity contribution in [2.45, 2.75) is 46.5 Å². The molecule has 158 valence electrons. The Bertz CT molecular complexity index is 1040. The number of benzene rings is 2. The van der Waals surface area contributed by atoms with Crippen LogP contribution in [0.2, 0.25) is 0 Å². The second kappa shape index (κ2) is 9.27. The highest BCUT2D eigenvalue weighted by Crippen LogP contribution is 2.32.